The number of aromatic hydroxyl groups is 1. The number of carboxylic acids is 1. The van der Waals surface area contributed by atoms with Crippen LogP contribution in [0.2, 0.25) is 0 Å². The zero-order valence-electron chi connectivity index (χ0n) is 9.11. The molecule has 0 aliphatic carbocycles. The highest BCUT2D eigenvalue weighted by atomic mass is 79.9. The zero-order valence-corrected chi connectivity index (χ0v) is 10.7. The smallest absolute Gasteiger partial charge is 0.335 e. The van der Waals surface area contributed by atoms with Crippen molar-refractivity contribution in [2.45, 2.75) is 18.2 Å². The van der Waals surface area contributed by atoms with Gasteiger partial charge in [0, 0.05) is 0 Å². The molecule has 1 atom stereocenters. The summed E-state index contributed by atoms with van der Waals surface area (Å²) in [6.07, 6.45) is 0.611. The van der Waals surface area contributed by atoms with Crippen molar-refractivity contribution >= 4 is 33.5 Å². The SMILES string of the molecule is CCC(Br)C(=O)Nc1ccc(C(=O)O)cc1O. The number of phenols is 1. The maximum absolute atomic E-state index is 11.5. The zero-order chi connectivity index (χ0) is 13.0. The first-order valence-electron chi connectivity index (χ1n) is 4.97. The number of phenolic OH excluding ortho intramolecular Hbond substituents is 1. The van der Waals surface area contributed by atoms with E-state index in [-0.39, 0.29) is 27.7 Å². The number of hydrogen-bond donors (Lipinski definition) is 3. The van der Waals surface area contributed by atoms with Gasteiger partial charge in [-0.2, -0.15) is 0 Å². The molecule has 0 radical (unpaired) electrons. The van der Waals surface area contributed by atoms with Crippen molar-refractivity contribution in [2.24, 2.45) is 0 Å². The number of aromatic carboxylic acids is 1. The number of carboxylic acid groups (broad SMARTS) is 1. The summed E-state index contributed by atoms with van der Waals surface area (Å²) in [4.78, 5) is 21.8. The van der Waals surface area contributed by atoms with Gasteiger partial charge in [0.15, 0.2) is 0 Å². The van der Waals surface area contributed by atoms with Crippen LogP contribution in [0.5, 0.6) is 5.75 Å². The van der Waals surface area contributed by atoms with E-state index >= 15 is 0 Å². The average molecular weight is 302 g/mol. The molecule has 1 amide bonds. The Morgan fingerprint density at radius 1 is 1.47 bits per heavy atom. The van der Waals surface area contributed by atoms with E-state index in [1.807, 2.05) is 6.92 Å². The fraction of sp³-hybridized carbons (Fsp3) is 0.273. The monoisotopic (exact) mass is 301 g/mol. The van der Waals surface area contributed by atoms with E-state index in [0.29, 0.717) is 6.42 Å². The summed E-state index contributed by atoms with van der Waals surface area (Å²) < 4.78 is 0. The molecule has 3 N–H and O–H groups in total. The summed E-state index contributed by atoms with van der Waals surface area (Å²) in [5, 5.41) is 20.8. The number of carbonyl (C=O) groups excluding carboxylic acids is 1. The maximum Gasteiger partial charge on any atom is 0.335 e. The normalized spacial score (nSPS) is 11.9. The van der Waals surface area contributed by atoms with Gasteiger partial charge in [-0.05, 0) is 24.6 Å². The lowest BCUT2D eigenvalue weighted by atomic mass is 10.2. The minimum atomic E-state index is -1.13. The summed E-state index contributed by atoms with van der Waals surface area (Å²) in [7, 11) is 0. The number of alkyl halides is 1. The van der Waals surface area contributed by atoms with E-state index in [0.717, 1.165) is 6.07 Å². The third-order valence-electron chi connectivity index (χ3n) is 2.15. The van der Waals surface area contributed by atoms with Gasteiger partial charge in [0.2, 0.25) is 5.91 Å². The third kappa shape index (κ3) is 3.45. The van der Waals surface area contributed by atoms with Gasteiger partial charge in [-0.3, -0.25) is 4.79 Å². The fourth-order valence-electron chi connectivity index (χ4n) is 1.17. The van der Waals surface area contributed by atoms with Crippen molar-refractivity contribution < 1.29 is 19.8 Å². The number of amides is 1. The summed E-state index contributed by atoms with van der Waals surface area (Å²) in [6.45, 7) is 1.84. The molecule has 0 aromatic heterocycles. The van der Waals surface area contributed by atoms with Gasteiger partial charge >= 0.3 is 5.97 Å². The highest BCUT2D eigenvalue weighted by Gasteiger charge is 2.15. The molecule has 0 saturated carbocycles. The second kappa shape index (κ2) is 5.67. The Labute approximate surface area is 107 Å². The van der Waals surface area contributed by atoms with E-state index in [1.54, 1.807) is 0 Å². The Balaban J connectivity index is 2.86. The minimum Gasteiger partial charge on any atom is -0.506 e. The Hall–Kier alpha value is -1.56. The van der Waals surface area contributed by atoms with Crippen LogP contribution in [0.1, 0.15) is 23.7 Å². The molecule has 0 aliphatic rings. The van der Waals surface area contributed by atoms with Crippen LogP contribution in [-0.2, 0) is 4.79 Å². The standard InChI is InChI=1S/C11H12BrNO4/c1-2-7(12)10(15)13-8-4-3-6(11(16)17)5-9(8)14/h3-5,7,14H,2H2,1H3,(H,13,15)(H,16,17). The molecule has 17 heavy (non-hydrogen) atoms. The topological polar surface area (TPSA) is 86.6 Å². The van der Waals surface area contributed by atoms with Crippen LogP contribution in [-0.4, -0.2) is 26.9 Å². The molecule has 1 aromatic carbocycles. The second-order valence-corrected chi connectivity index (χ2v) is 4.51. The van der Waals surface area contributed by atoms with Crippen LogP contribution in [0.3, 0.4) is 0 Å². The van der Waals surface area contributed by atoms with Crippen LogP contribution in [0.4, 0.5) is 5.69 Å². The van der Waals surface area contributed by atoms with Crippen molar-refractivity contribution in [1.82, 2.24) is 0 Å². The number of halogens is 1. The van der Waals surface area contributed by atoms with Crippen LogP contribution in [0.25, 0.3) is 0 Å². The molecule has 0 fully saturated rings. The van der Waals surface area contributed by atoms with Crippen molar-refractivity contribution in [3.05, 3.63) is 23.8 Å². The van der Waals surface area contributed by atoms with Gasteiger partial charge in [0.25, 0.3) is 0 Å². The molecule has 0 aliphatic heterocycles. The van der Waals surface area contributed by atoms with Gasteiger partial charge in [0.1, 0.15) is 5.75 Å². The highest BCUT2D eigenvalue weighted by molar-refractivity contribution is 9.10. The third-order valence-corrected chi connectivity index (χ3v) is 3.21. The molecule has 0 saturated heterocycles. The van der Waals surface area contributed by atoms with Crippen LogP contribution >= 0.6 is 15.9 Å². The molecule has 6 heteroatoms. The number of benzene rings is 1. The summed E-state index contributed by atoms with van der Waals surface area (Å²) in [6, 6.07) is 3.76. The Morgan fingerprint density at radius 3 is 2.59 bits per heavy atom. The van der Waals surface area contributed by atoms with E-state index in [2.05, 4.69) is 21.2 Å². The van der Waals surface area contributed by atoms with Crippen LogP contribution < -0.4 is 5.32 Å². The molecule has 1 unspecified atom stereocenters. The maximum atomic E-state index is 11.5. The first-order valence-corrected chi connectivity index (χ1v) is 5.88. The molecule has 5 nitrogen and oxygen atoms in total. The van der Waals surface area contributed by atoms with Crippen LogP contribution in [0.15, 0.2) is 18.2 Å². The van der Waals surface area contributed by atoms with Crippen molar-refractivity contribution in [1.29, 1.82) is 0 Å². The Bertz CT molecular complexity index is 447. The average Bonchev–Trinajstić information content (AvgIpc) is 2.30. The number of hydrogen-bond acceptors (Lipinski definition) is 3. The molecule has 0 spiro atoms. The van der Waals surface area contributed by atoms with Crippen molar-refractivity contribution in [2.75, 3.05) is 5.32 Å². The molecular weight excluding hydrogens is 290 g/mol. The van der Waals surface area contributed by atoms with Gasteiger partial charge < -0.3 is 15.5 Å². The van der Waals surface area contributed by atoms with Crippen molar-refractivity contribution in [3.63, 3.8) is 0 Å². The van der Waals surface area contributed by atoms with Gasteiger partial charge in [-0.25, -0.2) is 4.79 Å². The fourth-order valence-corrected chi connectivity index (χ4v) is 1.28. The summed E-state index contributed by atoms with van der Waals surface area (Å²) in [5.74, 6) is -1.69. The number of nitrogens with one attached hydrogen (secondary N) is 1. The first-order chi connectivity index (χ1) is 7.95. The molecule has 0 bridgehead atoms. The second-order valence-electron chi connectivity index (χ2n) is 3.40. The number of anilines is 1. The lowest BCUT2D eigenvalue weighted by Crippen LogP contribution is -2.22. The van der Waals surface area contributed by atoms with Crippen LogP contribution in [0, 0.1) is 0 Å². The Morgan fingerprint density at radius 2 is 2.12 bits per heavy atom. The summed E-state index contributed by atoms with van der Waals surface area (Å²) >= 11 is 3.17. The largest absolute Gasteiger partial charge is 0.506 e. The molecule has 92 valence electrons. The number of carbonyl (C=O) groups is 2. The van der Waals surface area contributed by atoms with Gasteiger partial charge in [0.05, 0.1) is 16.1 Å². The lowest BCUT2D eigenvalue weighted by molar-refractivity contribution is -0.115. The van der Waals surface area contributed by atoms with E-state index in [9.17, 15) is 14.7 Å². The molecule has 1 rings (SSSR count). The predicted octanol–water partition coefficient (Wildman–Crippen LogP) is 2.20. The lowest BCUT2D eigenvalue weighted by Gasteiger charge is -2.10. The highest BCUT2D eigenvalue weighted by Crippen LogP contribution is 2.25. The van der Waals surface area contributed by atoms with Gasteiger partial charge in [-0.1, -0.05) is 22.9 Å². The number of rotatable bonds is 4. The quantitative estimate of drug-likeness (QED) is 0.588. The first kappa shape index (κ1) is 13.5. The van der Waals surface area contributed by atoms with Crippen molar-refractivity contribution in [3.8, 4) is 5.75 Å². The summed E-state index contributed by atoms with van der Waals surface area (Å²) in [5.41, 5.74) is 0.157. The Kier molecular flexibility index (Phi) is 4.51. The van der Waals surface area contributed by atoms with E-state index in [1.165, 1.54) is 12.1 Å². The minimum absolute atomic E-state index is 0.0358. The molecular formula is C11H12BrNO4. The molecule has 0 heterocycles. The van der Waals surface area contributed by atoms with E-state index < -0.39 is 5.97 Å². The molecule has 1 aromatic rings. The van der Waals surface area contributed by atoms with Gasteiger partial charge in [-0.15, -0.1) is 0 Å². The van der Waals surface area contributed by atoms with E-state index in [4.69, 9.17) is 5.11 Å². The predicted molar refractivity (Wildman–Crippen MR) is 66.7 cm³/mol.